The van der Waals surface area contributed by atoms with Gasteiger partial charge in [0, 0.05) is 26.7 Å². The quantitative estimate of drug-likeness (QED) is 0.817. The molecular formula is C19H27N3O4. The predicted molar refractivity (Wildman–Crippen MR) is 99.6 cm³/mol. The van der Waals surface area contributed by atoms with Crippen LogP contribution in [0.25, 0.3) is 10.9 Å². The zero-order chi connectivity index (χ0) is 18.7. The number of likely N-dealkylation sites (tertiary alicyclic amines) is 1. The van der Waals surface area contributed by atoms with Gasteiger partial charge in [-0.15, -0.1) is 0 Å². The number of aromatic amines is 1. The van der Waals surface area contributed by atoms with Gasteiger partial charge in [0.1, 0.15) is 23.2 Å². The van der Waals surface area contributed by atoms with E-state index in [2.05, 4.69) is 14.9 Å². The molecule has 142 valence electrons. The maximum absolute atomic E-state index is 12.4. The third-order valence-electron chi connectivity index (χ3n) is 5.17. The topological polar surface area (TPSA) is 87.7 Å². The Kier molecular flexibility index (Phi) is 5.60. The number of fused-ring (bicyclic) bond motifs is 1. The molecule has 1 saturated heterocycles. The van der Waals surface area contributed by atoms with Crippen LogP contribution >= 0.6 is 0 Å². The van der Waals surface area contributed by atoms with Crippen molar-refractivity contribution in [3.8, 4) is 5.75 Å². The highest BCUT2D eigenvalue weighted by Crippen LogP contribution is 2.25. The van der Waals surface area contributed by atoms with Crippen molar-refractivity contribution in [3.63, 3.8) is 0 Å². The molecule has 7 nitrogen and oxygen atoms in total. The molecule has 2 aromatic rings. The normalized spacial score (nSPS) is 18.8. The molecule has 1 aromatic carbocycles. The molecule has 26 heavy (non-hydrogen) atoms. The number of methoxy groups -OCH3 is 2. The van der Waals surface area contributed by atoms with Crippen LogP contribution in [0.5, 0.6) is 5.75 Å². The Balaban J connectivity index is 1.77. The van der Waals surface area contributed by atoms with Crippen LogP contribution in [0.15, 0.2) is 23.0 Å². The number of hydrogen-bond acceptors (Lipinski definition) is 6. The number of ether oxygens (including phenoxy) is 2. The van der Waals surface area contributed by atoms with Crippen LogP contribution in [0.4, 0.5) is 0 Å². The molecule has 3 rings (SSSR count). The summed E-state index contributed by atoms with van der Waals surface area (Å²) in [4.78, 5) is 22.2. The van der Waals surface area contributed by atoms with Gasteiger partial charge in [-0.3, -0.25) is 4.79 Å². The zero-order valence-electron chi connectivity index (χ0n) is 15.6. The van der Waals surface area contributed by atoms with Crippen molar-refractivity contribution < 1.29 is 14.6 Å². The zero-order valence-corrected chi connectivity index (χ0v) is 15.6. The summed E-state index contributed by atoms with van der Waals surface area (Å²) in [6.45, 7) is 4.43. The highest BCUT2D eigenvalue weighted by atomic mass is 16.5. The first-order chi connectivity index (χ1) is 12.4. The molecule has 0 aliphatic carbocycles. The molecule has 0 bridgehead atoms. The van der Waals surface area contributed by atoms with E-state index < -0.39 is 5.60 Å². The van der Waals surface area contributed by atoms with Crippen molar-refractivity contribution in [2.45, 2.75) is 37.9 Å². The van der Waals surface area contributed by atoms with Crippen LogP contribution in [0, 0.1) is 0 Å². The Morgan fingerprint density at radius 2 is 2.08 bits per heavy atom. The third-order valence-corrected chi connectivity index (χ3v) is 5.17. The first-order valence-electron chi connectivity index (χ1n) is 8.98. The minimum atomic E-state index is -0.557. The van der Waals surface area contributed by atoms with Crippen LogP contribution in [0.3, 0.4) is 0 Å². The van der Waals surface area contributed by atoms with E-state index >= 15 is 0 Å². The minimum absolute atomic E-state index is 0.194. The average Bonchev–Trinajstić information content (AvgIpc) is 2.63. The lowest BCUT2D eigenvalue weighted by atomic mass is 9.94. The molecule has 1 aromatic heterocycles. The van der Waals surface area contributed by atoms with Crippen molar-refractivity contribution in [2.24, 2.45) is 0 Å². The maximum atomic E-state index is 12.4. The van der Waals surface area contributed by atoms with E-state index in [9.17, 15) is 9.90 Å². The fourth-order valence-electron chi connectivity index (χ4n) is 3.39. The molecule has 0 amide bonds. The number of piperidine rings is 1. The average molecular weight is 361 g/mol. The summed E-state index contributed by atoms with van der Waals surface area (Å²) in [5.74, 6) is 1.08. The van der Waals surface area contributed by atoms with Gasteiger partial charge in [-0.1, -0.05) is 6.07 Å². The standard InChI is InChI=1S/C19H27N3O4/c1-19(24)8-11-22(12-9-19)10-7-15(26-3)17-20-16-13(18(23)21-17)5-4-6-14(16)25-2/h4-6,15,24H,7-12H2,1-3H3,(H,20,21,23). The Labute approximate surface area is 153 Å². The summed E-state index contributed by atoms with van der Waals surface area (Å²) in [5, 5.41) is 10.6. The van der Waals surface area contributed by atoms with Gasteiger partial charge in [0.05, 0.1) is 18.1 Å². The summed E-state index contributed by atoms with van der Waals surface area (Å²) >= 11 is 0. The monoisotopic (exact) mass is 361 g/mol. The number of nitrogens with zero attached hydrogens (tertiary/aromatic N) is 2. The molecule has 1 fully saturated rings. The number of nitrogens with one attached hydrogen (secondary N) is 1. The van der Waals surface area contributed by atoms with Crippen molar-refractivity contribution in [1.29, 1.82) is 0 Å². The van der Waals surface area contributed by atoms with E-state index in [1.165, 1.54) is 0 Å². The fraction of sp³-hybridized carbons (Fsp3) is 0.579. The fourth-order valence-corrected chi connectivity index (χ4v) is 3.39. The molecule has 0 radical (unpaired) electrons. The third kappa shape index (κ3) is 4.06. The van der Waals surface area contributed by atoms with Crippen LogP contribution in [0.2, 0.25) is 0 Å². The molecular weight excluding hydrogens is 334 g/mol. The smallest absolute Gasteiger partial charge is 0.258 e. The van der Waals surface area contributed by atoms with Gasteiger partial charge in [-0.05, 0) is 38.3 Å². The van der Waals surface area contributed by atoms with Gasteiger partial charge in [0.15, 0.2) is 0 Å². The molecule has 1 aliphatic heterocycles. The van der Waals surface area contributed by atoms with E-state index in [1.54, 1.807) is 32.4 Å². The SMILES string of the molecule is COc1cccc2c(=O)[nH]c(C(CCN3CCC(C)(O)CC3)OC)nc12. The van der Waals surface area contributed by atoms with Gasteiger partial charge in [-0.25, -0.2) is 4.98 Å². The molecule has 1 atom stereocenters. The van der Waals surface area contributed by atoms with Gasteiger partial charge in [-0.2, -0.15) is 0 Å². The van der Waals surface area contributed by atoms with Crippen LogP contribution in [0.1, 0.15) is 38.1 Å². The van der Waals surface area contributed by atoms with Gasteiger partial charge in [0.2, 0.25) is 0 Å². The Bertz CT molecular complexity index is 808. The second-order valence-corrected chi connectivity index (χ2v) is 7.16. The number of para-hydroxylation sites is 1. The van der Waals surface area contributed by atoms with Crippen molar-refractivity contribution in [2.75, 3.05) is 33.9 Å². The molecule has 0 spiro atoms. The van der Waals surface area contributed by atoms with E-state index in [4.69, 9.17) is 9.47 Å². The Hall–Kier alpha value is -1.96. The number of H-pyrrole nitrogens is 1. The van der Waals surface area contributed by atoms with Crippen LogP contribution in [-0.4, -0.2) is 59.4 Å². The lowest BCUT2D eigenvalue weighted by Crippen LogP contribution is -2.43. The lowest BCUT2D eigenvalue weighted by Gasteiger charge is -2.36. The molecule has 1 aliphatic rings. The minimum Gasteiger partial charge on any atom is -0.494 e. The van der Waals surface area contributed by atoms with Crippen molar-refractivity contribution in [1.82, 2.24) is 14.9 Å². The summed E-state index contributed by atoms with van der Waals surface area (Å²) in [6.07, 6.45) is 1.95. The highest BCUT2D eigenvalue weighted by molar-refractivity contribution is 5.83. The van der Waals surface area contributed by atoms with Gasteiger partial charge in [0.25, 0.3) is 5.56 Å². The summed E-state index contributed by atoms with van der Waals surface area (Å²) in [5.41, 5.74) is -0.205. The second kappa shape index (κ2) is 7.73. The van der Waals surface area contributed by atoms with Crippen LogP contribution < -0.4 is 10.3 Å². The van der Waals surface area contributed by atoms with Gasteiger partial charge < -0.3 is 24.5 Å². The van der Waals surface area contributed by atoms with Crippen molar-refractivity contribution in [3.05, 3.63) is 34.4 Å². The van der Waals surface area contributed by atoms with Gasteiger partial charge >= 0.3 is 0 Å². The molecule has 1 unspecified atom stereocenters. The summed E-state index contributed by atoms with van der Waals surface area (Å²) < 4.78 is 10.9. The van der Waals surface area contributed by atoms with E-state index in [1.807, 2.05) is 6.92 Å². The first kappa shape index (κ1) is 18.8. The number of aliphatic hydroxyl groups is 1. The molecule has 0 saturated carbocycles. The lowest BCUT2D eigenvalue weighted by molar-refractivity contribution is -0.0102. The van der Waals surface area contributed by atoms with E-state index in [-0.39, 0.29) is 11.7 Å². The Morgan fingerprint density at radius 1 is 1.35 bits per heavy atom. The summed E-state index contributed by atoms with van der Waals surface area (Å²) in [7, 11) is 3.19. The number of rotatable bonds is 6. The highest BCUT2D eigenvalue weighted by Gasteiger charge is 2.27. The second-order valence-electron chi connectivity index (χ2n) is 7.16. The predicted octanol–water partition coefficient (Wildman–Crippen LogP) is 1.86. The van der Waals surface area contributed by atoms with E-state index in [0.29, 0.717) is 28.9 Å². The summed E-state index contributed by atoms with van der Waals surface area (Å²) in [6, 6.07) is 5.30. The number of hydrogen-bond donors (Lipinski definition) is 2. The van der Waals surface area contributed by atoms with Crippen LogP contribution in [-0.2, 0) is 4.74 Å². The molecule has 7 heteroatoms. The maximum Gasteiger partial charge on any atom is 0.258 e. The largest absolute Gasteiger partial charge is 0.494 e. The van der Waals surface area contributed by atoms with Crippen molar-refractivity contribution >= 4 is 10.9 Å². The number of benzene rings is 1. The first-order valence-corrected chi connectivity index (χ1v) is 8.98. The van der Waals surface area contributed by atoms with E-state index in [0.717, 1.165) is 32.5 Å². The molecule has 2 heterocycles. The molecule has 2 N–H and O–H groups in total. The Morgan fingerprint density at radius 3 is 2.73 bits per heavy atom. The number of aromatic nitrogens is 2.